The average molecular weight is 544 g/mol. The summed E-state index contributed by atoms with van der Waals surface area (Å²) >= 11 is 0. The van der Waals surface area contributed by atoms with Gasteiger partial charge in [0.2, 0.25) is 5.82 Å². The molecule has 0 spiro atoms. The number of carboxylic acids is 1. The number of fused-ring (bicyclic) bond motifs is 1. The number of benzene rings is 2. The molecule has 10 nitrogen and oxygen atoms in total. The Balaban J connectivity index is 0.00000118. The van der Waals surface area contributed by atoms with E-state index in [1.54, 1.807) is 6.08 Å². The number of carbonyl (C=O) groups is 1. The highest BCUT2D eigenvalue weighted by atomic mass is 16.4. The van der Waals surface area contributed by atoms with Crippen LogP contribution in [0, 0.1) is 0 Å². The van der Waals surface area contributed by atoms with E-state index in [1.807, 2.05) is 80.3 Å². The summed E-state index contributed by atoms with van der Waals surface area (Å²) in [7, 11) is 3.75. The molecular weight excluding hydrogens is 506 g/mol. The SMILES string of the molecule is CCCCCc1c(Cc2ccc(-c3ccccc3)c(-c3nn[nH]n3)c2)c(=O)n2n1C(C)C=CC2C(=O)O.CNC. The van der Waals surface area contributed by atoms with Crippen LogP contribution in [-0.4, -0.2) is 55.2 Å². The van der Waals surface area contributed by atoms with Crippen LogP contribution in [0.4, 0.5) is 0 Å². The summed E-state index contributed by atoms with van der Waals surface area (Å²) in [5, 5.41) is 27.3. The fourth-order valence-corrected chi connectivity index (χ4v) is 5.17. The van der Waals surface area contributed by atoms with Crippen LogP contribution in [0.1, 0.15) is 62.0 Å². The molecule has 10 heteroatoms. The molecule has 0 saturated carbocycles. The summed E-state index contributed by atoms with van der Waals surface area (Å²) in [4.78, 5) is 25.8. The van der Waals surface area contributed by atoms with E-state index >= 15 is 0 Å². The van der Waals surface area contributed by atoms with Gasteiger partial charge in [0.1, 0.15) is 0 Å². The molecule has 1 aliphatic rings. The van der Waals surface area contributed by atoms with E-state index in [4.69, 9.17) is 0 Å². The molecule has 1 aliphatic heterocycles. The summed E-state index contributed by atoms with van der Waals surface area (Å²) < 4.78 is 3.31. The Bertz CT molecular complexity index is 1500. The highest BCUT2D eigenvalue weighted by Gasteiger charge is 2.31. The van der Waals surface area contributed by atoms with Crippen LogP contribution in [0.2, 0.25) is 0 Å². The van der Waals surface area contributed by atoms with Crippen LogP contribution in [0.5, 0.6) is 0 Å². The van der Waals surface area contributed by atoms with Gasteiger partial charge < -0.3 is 10.4 Å². The first-order valence-corrected chi connectivity index (χ1v) is 13.7. The molecule has 2 aromatic carbocycles. The van der Waals surface area contributed by atoms with Gasteiger partial charge in [-0.1, -0.05) is 74.4 Å². The number of aromatic amines is 1. The van der Waals surface area contributed by atoms with E-state index < -0.39 is 12.0 Å². The molecule has 40 heavy (non-hydrogen) atoms. The lowest BCUT2D eigenvalue weighted by molar-refractivity contribution is -0.140. The lowest BCUT2D eigenvalue weighted by Crippen LogP contribution is -2.35. The zero-order valence-corrected chi connectivity index (χ0v) is 23.5. The fourth-order valence-electron chi connectivity index (χ4n) is 5.17. The molecule has 5 rings (SSSR count). The largest absolute Gasteiger partial charge is 0.479 e. The van der Waals surface area contributed by atoms with E-state index in [0.717, 1.165) is 53.6 Å². The van der Waals surface area contributed by atoms with Crippen molar-refractivity contribution in [3.63, 3.8) is 0 Å². The third-order valence-electron chi connectivity index (χ3n) is 6.95. The van der Waals surface area contributed by atoms with Crippen molar-refractivity contribution in [2.75, 3.05) is 14.1 Å². The molecule has 2 atom stereocenters. The van der Waals surface area contributed by atoms with Crippen LogP contribution in [0.25, 0.3) is 22.5 Å². The Kier molecular flexibility index (Phi) is 9.44. The molecule has 4 aromatic rings. The number of aliphatic carboxylic acids is 1. The molecule has 0 saturated heterocycles. The maximum absolute atomic E-state index is 13.7. The number of tetrazole rings is 1. The van der Waals surface area contributed by atoms with Crippen molar-refractivity contribution in [1.82, 2.24) is 35.3 Å². The maximum Gasteiger partial charge on any atom is 0.332 e. The minimum Gasteiger partial charge on any atom is -0.479 e. The monoisotopic (exact) mass is 543 g/mol. The molecule has 2 unspecified atom stereocenters. The maximum atomic E-state index is 13.7. The van der Waals surface area contributed by atoms with Crippen LogP contribution in [0.3, 0.4) is 0 Å². The molecule has 0 radical (unpaired) electrons. The number of rotatable bonds is 9. The minimum absolute atomic E-state index is 0.107. The first-order valence-electron chi connectivity index (χ1n) is 13.7. The number of H-pyrrole nitrogens is 1. The van der Waals surface area contributed by atoms with Crippen molar-refractivity contribution in [1.29, 1.82) is 0 Å². The average Bonchev–Trinajstić information content (AvgIpc) is 3.58. The number of unbranched alkanes of at least 4 members (excludes halogenated alkanes) is 2. The van der Waals surface area contributed by atoms with Crippen LogP contribution in [0.15, 0.2) is 65.5 Å². The molecule has 2 aromatic heterocycles. The lowest BCUT2D eigenvalue weighted by Gasteiger charge is -2.26. The third kappa shape index (κ3) is 5.96. The molecule has 3 N–H and O–H groups in total. The first-order chi connectivity index (χ1) is 19.4. The van der Waals surface area contributed by atoms with Gasteiger partial charge in [-0.15, -0.1) is 10.2 Å². The van der Waals surface area contributed by atoms with Crippen molar-refractivity contribution in [3.8, 4) is 22.5 Å². The number of allylic oxidation sites excluding steroid dienone is 1. The topological polar surface area (TPSA) is 131 Å². The summed E-state index contributed by atoms with van der Waals surface area (Å²) in [5.41, 5.74) is 5.03. The smallest absolute Gasteiger partial charge is 0.332 e. The molecular formula is C30H37N7O3. The number of aromatic nitrogens is 6. The Morgan fingerprint density at radius 2 is 1.80 bits per heavy atom. The summed E-state index contributed by atoms with van der Waals surface area (Å²) in [5.74, 6) is -0.567. The second kappa shape index (κ2) is 13.2. The molecule has 210 valence electrons. The Labute approximate surface area is 233 Å². The van der Waals surface area contributed by atoms with Crippen LogP contribution in [-0.2, 0) is 17.6 Å². The third-order valence-corrected chi connectivity index (χ3v) is 6.95. The second-order valence-electron chi connectivity index (χ2n) is 9.94. The van der Waals surface area contributed by atoms with E-state index in [9.17, 15) is 14.7 Å². The van der Waals surface area contributed by atoms with Crippen molar-refractivity contribution in [2.45, 2.75) is 58.0 Å². The van der Waals surface area contributed by atoms with Gasteiger partial charge >= 0.3 is 5.97 Å². The summed E-state index contributed by atoms with van der Waals surface area (Å²) in [6, 6.07) is 14.9. The minimum atomic E-state index is -1.04. The quantitative estimate of drug-likeness (QED) is 0.210. The molecule has 0 amide bonds. The predicted octanol–water partition coefficient (Wildman–Crippen LogP) is 4.41. The van der Waals surface area contributed by atoms with Crippen molar-refractivity contribution in [3.05, 3.63) is 87.9 Å². The second-order valence-corrected chi connectivity index (χ2v) is 9.94. The number of nitrogens with zero attached hydrogens (tertiary/aromatic N) is 5. The predicted molar refractivity (Wildman–Crippen MR) is 155 cm³/mol. The van der Waals surface area contributed by atoms with Crippen molar-refractivity contribution in [2.24, 2.45) is 0 Å². The number of hydrogen-bond donors (Lipinski definition) is 3. The highest BCUT2D eigenvalue weighted by molar-refractivity contribution is 5.81. The van der Waals surface area contributed by atoms with Gasteiger partial charge in [-0.05, 0) is 61.8 Å². The van der Waals surface area contributed by atoms with Gasteiger partial charge in [0.15, 0.2) is 6.04 Å². The summed E-state index contributed by atoms with van der Waals surface area (Å²) in [6.45, 7) is 4.13. The normalized spacial score (nSPS) is 15.8. The van der Waals surface area contributed by atoms with Gasteiger partial charge in [-0.3, -0.25) is 9.48 Å². The zero-order valence-electron chi connectivity index (χ0n) is 23.5. The zero-order chi connectivity index (χ0) is 28.6. The van der Waals surface area contributed by atoms with E-state index in [2.05, 4.69) is 32.9 Å². The Morgan fingerprint density at radius 1 is 1.05 bits per heavy atom. The molecule has 0 aliphatic carbocycles. The molecule has 0 bridgehead atoms. The fraction of sp³-hybridized carbons (Fsp3) is 0.367. The standard InChI is InChI=1S/C28H30N6O3.C2H7N/c1-3-4-6-11-24-23(27(35)34-25(28(36)37)15-12-18(2)33(24)34)17-19-13-14-21(20-9-7-5-8-10-20)22(16-19)26-29-31-32-30-26;1-3-2/h5,7-10,12-16,18,25H,3-4,6,11,17H2,1-2H3,(H,36,37)(H,29,30,31,32);3H,1-2H3. The van der Waals surface area contributed by atoms with Gasteiger partial charge in [0.25, 0.3) is 5.56 Å². The summed E-state index contributed by atoms with van der Waals surface area (Å²) in [6.07, 6.45) is 7.61. The van der Waals surface area contributed by atoms with E-state index in [-0.39, 0.29) is 11.6 Å². The van der Waals surface area contributed by atoms with Crippen LogP contribution >= 0.6 is 0 Å². The number of carboxylic acid groups (broad SMARTS) is 1. The lowest BCUT2D eigenvalue weighted by atomic mass is 9.94. The van der Waals surface area contributed by atoms with Gasteiger partial charge in [0, 0.05) is 23.2 Å². The van der Waals surface area contributed by atoms with E-state index in [1.165, 1.54) is 4.68 Å². The highest BCUT2D eigenvalue weighted by Crippen LogP contribution is 2.32. The molecule has 3 heterocycles. The van der Waals surface area contributed by atoms with E-state index in [0.29, 0.717) is 17.8 Å². The number of nitrogens with one attached hydrogen (secondary N) is 2. The van der Waals surface area contributed by atoms with Gasteiger partial charge in [0.05, 0.1) is 6.04 Å². The Morgan fingerprint density at radius 3 is 2.45 bits per heavy atom. The Hall–Kier alpha value is -4.31. The van der Waals surface area contributed by atoms with Gasteiger partial charge in [-0.25, -0.2) is 9.48 Å². The van der Waals surface area contributed by atoms with Gasteiger partial charge in [-0.2, -0.15) is 5.21 Å². The first kappa shape index (κ1) is 28.7. The molecule has 0 fully saturated rings. The van der Waals surface area contributed by atoms with Crippen molar-refractivity contribution < 1.29 is 9.90 Å². The van der Waals surface area contributed by atoms with Crippen LogP contribution < -0.4 is 10.9 Å². The van der Waals surface area contributed by atoms with Crippen molar-refractivity contribution >= 4 is 5.97 Å². The number of hydrogen-bond acceptors (Lipinski definition) is 6.